The van der Waals surface area contributed by atoms with Crippen molar-refractivity contribution in [3.8, 4) is 5.75 Å². The van der Waals surface area contributed by atoms with Gasteiger partial charge in [-0.25, -0.2) is 8.42 Å². The fourth-order valence-corrected chi connectivity index (χ4v) is 3.66. The maximum absolute atomic E-state index is 12.5. The Labute approximate surface area is 180 Å². The van der Waals surface area contributed by atoms with Crippen molar-refractivity contribution in [3.05, 3.63) is 53.1 Å². The van der Waals surface area contributed by atoms with Gasteiger partial charge in [0, 0.05) is 32.4 Å². The van der Waals surface area contributed by atoms with Gasteiger partial charge in [0.15, 0.2) is 6.61 Å². The highest BCUT2D eigenvalue weighted by Crippen LogP contribution is 2.26. The molecule has 0 aliphatic rings. The first kappa shape index (κ1) is 23.6. The smallest absolute Gasteiger partial charge is 0.266 e. The first-order valence-electron chi connectivity index (χ1n) is 8.63. The van der Waals surface area contributed by atoms with Crippen molar-refractivity contribution in [3.63, 3.8) is 0 Å². The minimum atomic E-state index is -4.02. The number of anilines is 1. The molecule has 2 rings (SSSR count). The van der Waals surface area contributed by atoms with Gasteiger partial charge in [-0.05, 0) is 42.5 Å². The number of carbonyl (C=O) groups excluding carboxylic acids is 2. The zero-order valence-corrected chi connectivity index (χ0v) is 18.5. The number of ether oxygens (including phenoxy) is 1. The predicted molar refractivity (Wildman–Crippen MR) is 112 cm³/mol. The highest BCUT2D eigenvalue weighted by atomic mass is 35.5. The Morgan fingerprint density at radius 3 is 2.27 bits per heavy atom. The summed E-state index contributed by atoms with van der Waals surface area (Å²) in [5.74, 6) is -0.245. The number of hydrogen-bond acceptors (Lipinski definition) is 6. The van der Waals surface area contributed by atoms with E-state index in [1.54, 1.807) is 38.4 Å². The van der Waals surface area contributed by atoms with Gasteiger partial charge in [0.25, 0.3) is 21.8 Å². The number of likely N-dealkylation sites (N-methyl/N-ethyl adjacent to an activating group) is 1. The van der Waals surface area contributed by atoms with Gasteiger partial charge < -0.3 is 15.0 Å². The molecule has 0 bridgehead atoms. The second kappa shape index (κ2) is 9.90. The first-order valence-corrected chi connectivity index (χ1v) is 10.4. The molecular weight excluding hydrogens is 434 g/mol. The second-order valence-corrected chi connectivity index (χ2v) is 8.61. The van der Waals surface area contributed by atoms with Crippen molar-refractivity contribution in [2.75, 3.05) is 40.2 Å². The highest BCUT2D eigenvalue weighted by molar-refractivity contribution is 7.89. The molecule has 0 saturated heterocycles. The summed E-state index contributed by atoms with van der Waals surface area (Å²) < 4.78 is 30.9. The van der Waals surface area contributed by atoms with Crippen LogP contribution in [0.15, 0.2) is 47.4 Å². The lowest BCUT2D eigenvalue weighted by Gasteiger charge is -2.16. The molecule has 0 unspecified atom stereocenters. The molecule has 0 aliphatic carbocycles. The average Bonchev–Trinajstić information content (AvgIpc) is 2.72. The molecule has 0 atom stereocenters. The Morgan fingerprint density at radius 1 is 1.07 bits per heavy atom. The lowest BCUT2D eigenvalue weighted by molar-refractivity contribution is -0.130. The van der Waals surface area contributed by atoms with Crippen LogP contribution >= 0.6 is 11.6 Å². The number of amides is 2. The summed E-state index contributed by atoms with van der Waals surface area (Å²) in [4.78, 5) is 30.0. The monoisotopic (exact) mass is 455 g/mol. The molecule has 0 aromatic heterocycles. The van der Waals surface area contributed by atoms with E-state index >= 15 is 0 Å². The van der Waals surface area contributed by atoms with E-state index in [0.717, 1.165) is 0 Å². The normalized spacial score (nSPS) is 11.3. The van der Waals surface area contributed by atoms with Gasteiger partial charge in [0.2, 0.25) is 0 Å². The third-order valence-electron chi connectivity index (χ3n) is 4.04. The van der Waals surface area contributed by atoms with Crippen LogP contribution in [0, 0.1) is 0 Å². The molecule has 0 fully saturated rings. The molecule has 0 radical (unpaired) electrons. The molecule has 0 heterocycles. The van der Waals surface area contributed by atoms with Crippen LogP contribution in [0.5, 0.6) is 5.75 Å². The van der Waals surface area contributed by atoms with Crippen LogP contribution in [0.4, 0.5) is 5.69 Å². The fourth-order valence-electron chi connectivity index (χ4n) is 2.19. The Balaban J connectivity index is 2.13. The van der Waals surface area contributed by atoms with E-state index in [2.05, 4.69) is 5.32 Å². The minimum Gasteiger partial charge on any atom is -0.484 e. The van der Waals surface area contributed by atoms with E-state index < -0.39 is 15.9 Å². The van der Waals surface area contributed by atoms with Crippen LogP contribution in [0.2, 0.25) is 5.02 Å². The maximum Gasteiger partial charge on any atom is 0.266 e. The van der Waals surface area contributed by atoms with E-state index in [1.165, 1.54) is 37.3 Å². The number of nitrogens with one attached hydrogen (secondary N) is 1. The Kier molecular flexibility index (Phi) is 7.79. The first-order chi connectivity index (χ1) is 14.1. The molecule has 2 amide bonds. The number of nitrogens with zero attached hydrogens (tertiary/aromatic N) is 2. The summed E-state index contributed by atoms with van der Waals surface area (Å²) in [5.41, 5.74) is 0.555. The number of hydrogen-bond donors (Lipinski definition) is 1. The number of benzene rings is 2. The van der Waals surface area contributed by atoms with Crippen molar-refractivity contribution in [2.45, 2.75) is 4.90 Å². The Hall–Kier alpha value is -2.66. The van der Waals surface area contributed by atoms with Crippen LogP contribution in [0.3, 0.4) is 0 Å². The lowest BCUT2D eigenvalue weighted by Crippen LogP contribution is -2.27. The standard InChI is InChI=1S/C19H22ClN3O6S/c1-22(2)18(24)12-29-15-8-6-14(7-9-15)21-19(25)13-5-10-16(20)17(11-13)30(26,27)23(3)28-4/h5-11H,12H2,1-4H3,(H,21,25). The lowest BCUT2D eigenvalue weighted by atomic mass is 10.2. The van der Waals surface area contributed by atoms with Gasteiger partial charge in [0.1, 0.15) is 10.6 Å². The summed E-state index contributed by atoms with van der Waals surface area (Å²) in [6.07, 6.45) is 0. The number of halogens is 1. The molecule has 0 spiro atoms. The highest BCUT2D eigenvalue weighted by Gasteiger charge is 2.25. The molecule has 9 nitrogen and oxygen atoms in total. The quantitative estimate of drug-likeness (QED) is 0.612. The molecule has 2 aromatic rings. The van der Waals surface area contributed by atoms with Gasteiger partial charge in [-0.15, -0.1) is 0 Å². The SMILES string of the molecule is CON(C)S(=O)(=O)c1cc(C(=O)Nc2ccc(OCC(=O)N(C)C)cc2)ccc1Cl. The zero-order valence-electron chi connectivity index (χ0n) is 16.9. The molecule has 11 heteroatoms. The van der Waals surface area contributed by atoms with Crippen LogP contribution in [0.25, 0.3) is 0 Å². The number of carbonyl (C=O) groups is 2. The van der Waals surface area contributed by atoms with E-state index in [4.69, 9.17) is 21.2 Å². The van der Waals surface area contributed by atoms with Crippen molar-refractivity contribution in [2.24, 2.45) is 0 Å². The van der Waals surface area contributed by atoms with E-state index in [9.17, 15) is 18.0 Å². The van der Waals surface area contributed by atoms with E-state index in [0.29, 0.717) is 15.9 Å². The average molecular weight is 456 g/mol. The molecule has 2 aromatic carbocycles. The third-order valence-corrected chi connectivity index (χ3v) is 6.20. The summed E-state index contributed by atoms with van der Waals surface area (Å²) in [5, 5.41) is 2.62. The van der Waals surface area contributed by atoms with Crippen LogP contribution < -0.4 is 10.1 Å². The van der Waals surface area contributed by atoms with Gasteiger partial charge in [-0.3, -0.25) is 14.4 Å². The number of rotatable bonds is 8. The van der Waals surface area contributed by atoms with Crippen molar-refractivity contribution >= 4 is 39.1 Å². The molecule has 30 heavy (non-hydrogen) atoms. The van der Waals surface area contributed by atoms with Crippen molar-refractivity contribution in [1.82, 2.24) is 9.37 Å². The minimum absolute atomic E-state index is 0.0378. The Morgan fingerprint density at radius 2 is 1.70 bits per heavy atom. The van der Waals surface area contributed by atoms with E-state index in [-0.39, 0.29) is 28.0 Å². The second-order valence-electron chi connectivity index (χ2n) is 6.30. The summed E-state index contributed by atoms with van der Waals surface area (Å²) in [7, 11) is 1.65. The molecule has 1 N–H and O–H groups in total. The van der Waals surface area contributed by atoms with Crippen LogP contribution in [0.1, 0.15) is 10.4 Å². The van der Waals surface area contributed by atoms with Gasteiger partial charge in [0.05, 0.1) is 12.1 Å². The Bertz CT molecular complexity index is 1030. The van der Waals surface area contributed by atoms with E-state index in [1.807, 2.05) is 0 Å². The van der Waals surface area contributed by atoms with Crippen molar-refractivity contribution < 1.29 is 27.6 Å². The topological polar surface area (TPSA) is 105 Å². The summed E-state index contributed by atoms with van der Waals surface area (Å²) in [6, 6.07) is 10.3. The summed E-state index contributed by atoms with van der Waals surface area (Å²) >= 11 is 6.00. The number of hydroxylamine groups is 1. The van der Waals surface area contributed by atoms with Crippen LogP contribution in [-0.4, -0.2) is 64.5 Å². The molecular formula is C19H22ClN3O6S. The molecule has 162 valence electrons. The fraction of sp³-hybridized carbons (Fsp3) is 0.263. The zero-order chi connectivity index (χ0) is 22.5. The predicted octanol–water partition coefficient (Wildman–Crippen LogP) is 2.24. The largest absolute Gasteiger partial charge is 0.484 e. The van der Waals surface area contributed by atoms with Crippen molar-refractivity contribution in [1.29, 1.82) is 0 Å². The molecule has 0 aliphatic heterocycles. The molecule has 0 saturated carbocycles. The van der Waals surface area contributed by atoms with Gasteiger partial charge in [-0.1, -0.05) is 16.1 Å². The number of sulfonamides is 1. The summed E-state index contributed by atoms with van der Waals surface area (Å²) in [6.45, 7) is -0.101. The maximum atomic E-state index is 12.5. The van der Waals surface area contributed by atoms with Gasteiger partial charge in [-0.2, -0.15) is 0 Å². The third kappa shape index (κ3) is 5.70. The van der Waals surface area contributed by atoms with Crippen LogP contribution in [-0.2, 0) is 19.7 Å². The van der Waals surface area contributed by atoms with Gasteiger partial charge >= 0.3 is 0 Å².